The fraction of sp³-hybridized carbons (Fsp3) is 0.615. The van der Waals surface area contributed by atoms with Crippen molar-refractivity contribution in [3.63, 3.8) is 0 Å². The Morgan fingerprint density at radius 1 is 0.931 bits per heavy atom. The van der Waals surface area contributed by atoms with Crippen LogP contribution in [0.5, 0.6) is 5.75 Å². The van der Waals surface area contributed by atoms with Gasteiger partial charge in [0.1, 0.15) is 5.75 Å². The first-order chi connectivity index (χ1) is 14.3. The molecule has 29 heavy (non-hydrogen) atoms. The minimum atomic E-state index is 0.783. The second-order valence-electron chi connectivity index (χ2n) is 8.56. The lowest BCUT2D eigenvalue weighted by Crippen LogP contribution is -2.16. The molecule has 1 aliphatic rings. The van der Waals surface area contributed by atoms with E-state index in [0.717, 1.165) is 55.3 Å². The van der Waals surface area contributed by atoms with Crippen molar-refractivity contribution in [2.45, 2.75) is 90.9 Å². The number of aromatic nitrogens is 2. The molecular formula is C26H38N2O. The van der Waals surface area contributed by atoms with Gasteiger partial charge in [0.2, 0.25) is 0 Å². The van der Waals surface area contributed by atoms with Gasteiger partial charge >= 0.3 is 0 Å². The van der Waals surface area contributed by atoms with Gasteiger partial charge in [0.05, 0.1) is 6.61 Å². The van der Waals surface area contributed by atoms with E-state index in [9.17, 15) is 0 Å². The first kappa shape index (κ1) is 21.8. The van der Waals surface area contributed by atoms with Crippen LogP contribution in [0, 0.1) is 5.92 Å². The van der Waals surface area contributed by atoms with Crippen LogP contribution in [0.2, 0.25) is 0 Å². The molecule has 3 rings (SSSR count). The molecule has 158 valence electrons. The second kappa shape index (κ2) is 11.9. The Bertz CT molecular complexity index is 726. The highest BCUT2D eigenvalue weighted by Gasteiger charge is 2.20. The SMILES string of the molecule is CCCCCCCCC1CCc2nc(-c3ccc(OCCCC)cc3)ncc2C1. The topological polar surface area (TPSA) is 35.0 Å². The van der Waals surface area contributed by atoms with Gasteiger partial charge in [-0.25, -0.2) is 9.97 Å². The molecule has 1 atom stereocenters. The summed E-state index contributed by atoms with van der Waals surface area (Å²) in [7, 11) is 0. The number of hydrogen-bond acceptors (Lipinski definition) is 3. The van der Waals surface area contributed by atoms with Gasteiger partial charge in [0, 0.05) is 17.5 Å². The summed E-state index contributed by atoms with van der Waals surface area (Å²) in [5, 5.41) is 0. The Morgan fingerprint density at radius 3 is 2.48 bits per heavy atom. The van der Waals surface area contributed by atoms with Crippen molar-refractivity contribution >= 4 is 0 Å². The Kier molecular flexibility index (Phi) is 8.98. The van der Waals surface area contributed by atoms with E-state index < -0.39 is 0 Å². The number of unbranched alkanes of at least 4 members (excludes halogenated alkanes) is 6. The summed E-state index contributed by atoms with van der Waals surface area (Å²) in [5.41, 5.74) is 3.71. The van der Waals surface area contributed by atoms with Crippen LogP contribution >= 0.6 is 0 Å². The third kappa shape index (κ3) is 6.83. The van der Waals surface area contributed by atoms with Crippen molar-refractivity contribution in [1.29, 1.82) is 0 Å². The van der Waals surface area contributed by atoms with Crippen LogP contribution < -0.4 is 4.74 Å². The van der Waals surface area contributed by atoms with Crippen molar-refractivity contribution in [2.24, 2.45) is 5.92 Å². The van der Waals surface area contributed by atoms with Crippen molar-refractivity contribution in [3.05, 3.63) is 41.7 Å². The van der Waals surface area contributed by atoms with Crippen molar-refractivity contribution < 1.29 is 4.74 Å². The molecule has 0 aliphatic heterocycles. The van der Waals surface area contributed by atoms with Crippen LogP contribution in [0.15, 0.2) is 30.5 Å². The van der Waals surface area contributed by atoms with Crippen LogP contribution in [-0.2, 0) is 12.8 Å². The number of rotatable bonds is 12. The lowest BCUT2D eigenvalue weighted by atomic mass is 9.84. The fourth-order valence-corrected chi connectivity index (χ4v) is 4.22. The summed E-state index contributed by atoms with van der Waals surface area (Å²) in [6.45, 7) is 5.24. The summed E-state index contributed by atoms with van der Waals surface area (Å²) < 4.78 is 5.76. The molecule has 0 fully saturated rings. The third-order valence-electron chi connectivity index (χ3n) is 6.10. The van der Waals surface area contributed by atoms with E-state index >= 15 is 0 Å². The largest absolute Gasteiger partial charge is 0.494 e. The third-order valence-corrected chi connectivity index (χ3v) is 6.10. The maximum Gasteiger partial charge on any atom is 0.159 e. The van der Waals surface area contributed by atoms with Crippen molar-refractivity contribution in [3.8, 4) is 17.1 Å². The summed E-state index contributed by atoms with van der Waals surface area (Å²) >= 11 is 0. The van der Waals surface area contributed by atoms with Gasteiger partial charge in [0.15, 0.2) is 5.82 Å². The maximum atomic E-state index is 5.76. The van der Waals surface area contributed by atoms with Gasteiger partial charge in [-0.1, -0.05) is 65.2 Å². The number of fused-ring (bicyclic) bond motifs is 1. The van der Waals surface area contributed by atoms with E-state index in [1.165, 1.54) is 62.6 Å². The zero-order valence-electron chi connectivity index (χ0n) is 18.5. The number of benzene rings is 1. The van der Waals surface area contributed by atoms with Gasteiger partial charge in [-0.15, -0.1) is 0 Å². The zero-order chi connectivity index (χ0) is 20.3. The molecule has 0 amide bonds. The smallest absolute Gasteiger partial charge is 0.159 e. The Balaban J connectivity index is 1.50. The molecule has 1 aromatic heterocycles. The van der Waals surface area contributed by atoms with Gasteiger partial charge in [-0.05, 0) is 61.4 Å². The van der Waals surface area contributed by atoms with Gasteiger partial charge in [-0.3, -0.25) is 0 Å². The lowest BCUT2D eigenvalue weighted by molar-refractivity contribution is 0.309. The van der Waals surface area contributed by atoms with Gasteiger partial charge < -0.3 is 4.74 Å². The predicted molar refractivity (Wildman–Crippen MR) is 121 cm³/mol. The quantitative estimate of drug-likeness (QED) is 0.358. The molecule has 0 bridgehead atoms. The van der Waals surface area contributed by atoms with E-state index in [2.05, 4.69) is 37.2 Å². The van der Waals surface area contributed by atoms with Crippen LogP contribution in [0.1, 0.15) is 89.3 Å². The van der Waals surface area contributed by atoms with E-state index in [0.29, 0.717) is 0 Å². The molecule has 0 spiro atoms. The standard InChI is InChI=1S/C26H38N2O/c1-3-5-7-8-9-10-11-21-12-17-25-23(19-21)20-27-26(28-25)22-13-15-24(16-14-22)29-18-6-4-2/h13-16,20-21H,3-12,17-19H2,1-2H3. The Morgan fingerprint density at radius 2 is 1.69 bits per heavy atom. The molecular weight excluding hydrogens is 356 g/mol. The fourth-order valence-electron chi connectivity index (χ4n) is 4.22. The highest BCUT2D eigenvalue weighted by molar-refractivity contribution is 5.56. The van der Waals surface area contributed by atoms with Crippen LogP contribution in [-0.4, -0.2) is 16.6 Å². The summed E-state index contributed by atoms with van der Waals surface area (Å²) in [5.74, 6) is 2.60. The molecule has 2 aromatic rings. The molecule has 0 radical (unpaired) electrons. The molecule has 0 N–H and O–H groups in total. The number of ether oxygens (including phenoxy) is 1. The molecule has 3 nitrogen and oxygen atoms in total. The average Bonchev–Trinajstić information content (AvgIpc) is 2.76. The van der Waals surface area contributed by atoms with Gasteiger partial charge in [0.25, 0.3) is 0 Å². The maximum absolute atomic E-state index is 5.76. The molecule has 1 aliphatic carbocycles. The van der Waals surface area contributed by atoms with Gasteiger partial charge in [-0.2, -0.15) is 0 Å². The van der Waals surface area contributed by atoms with E-state index in [4.69, 9.17) is 9.72 Å². The average molecular weight is 395 g/mol. The summed E-state index contributed by atoms with van der Waals surface area (Å²) in [4.78, 5) is 9.58. The number of aryl methyl sites for hydroxylation is 1. The highest BCUT2D eigenvalue weighted by atomic mass is 16.5. The van der Waals surface area contributed by atoms with Crippen LogP contribution in [0.25, 0.3) is 11.4 Å². The highest BCUT2D eigenvalue weighted by Crippen LogP contribution is 2.29. The molecule has 1 unspecified atom stereocenters. The molecule has 1 aromatic carbocycles. The molecule has 0 saturated heterocycles. The second-order valence-corrected chi connectivity index (χ2v) is 8.56. The Hall–Kier alpha value is -1.90. The lowest BCUT2D eigenvalue weighted by Gasteiger charge is -2.24. The first-order valence-corrected chi connectivity index (χ1v) is 11.9. The van der Waals surface area contributed by atoms with E-state index in [-0.39, 0.29) is 0 Å². The van der Waals surface area contributed by atoms with Crippen molar-refractivity contribution in [2.75, 3.05) is 6.61 Å². The molecule has 0 saturated carbocycles. The van der Waals surface area contributed by atoms with Crippen LogP contribution in [0.4, 0.5) is 0 Å². The van der Waals surface area contributed by atoms with Crippen molar-refractivity contribution in [1.82, 2.24) is 9.97 Å². The minimum absolute atomic E-state index is 0.783. The predicted octanol–water partition coefficient (Wildman–Crippen LogP) is 7.18. The normalized spacial score (nSPS) is 15.9. The molecule has 3 heteroatoms. The summed E-state index contributed by atoms with van der Waals surface area (Å²) in [6, 6.07) is 8.22. The van der Waals surface area contributed by atoms with Crippen LogP contribution in [0.3, 0.4) is 0 Å². The first-order valence-electron chi connectivity index (χ1n) is 11.9. The van der Waals surface area contributed by atoms with E-state index in [1.807, 2.05) is 12.1 Å². The zero-order valence-corrected chi connectivity index (χ0v) is 18.5. The van der Waals surface area contributed by atoms with E-state index in [1.54, 1.807) is 0 Å². The monoisotopic (exact) mass is 394 g/mol. The number of nitrogens with zero attached hydrogens (tertiary/aromatic N) is 2. The summed E-state index contributed by atoms with van der Waals surface area (Å²) in [6.07, 6.45) is 17.6. The Labute approximate surface area is 177 Å². The number of hydrogen-bond donors (Lipinski definition) is 0. The minimum Gasteiger partial charge on any atom is -0.494 e. The molecule has 1 heterocycles.